The fourth-order valence-electron chi connectivity index (χ4n) is 7.31. The van der Waals surface area contributed by atoms with Gasteiger partial charge in [0.1, 0.15) is 23.0 Å². The minimum absolute atomic E-state index is 0.684. The molecule has 5 heterocycles. The van der Waals surface area contributed by atoms with E-state index < -0.39 is 13.6 Å². The van der Waals surface area contributed by atoms with E-state index in [9.17, 15) is 0 Å². The number of fused-ring (bicyclic) bond motifs is 6. The molecule has 28 heavy (non-hydrogen) atoms. The summed E-state index contributed by atoms with van der Waals surface area (Å²) in [5.74, 6) is 3.49. The third kappa shape index (κ3) is 1.39. The highest BCUT2D eigenvalue weighted by atomic mass is 16.8. The Morgan fingerprint density at radius 1 is 0.500 bits per heavy atom. The van der Waals surface area contributed by atoms with Crippen LogP contribution < -0.4 is 18.6 Å². The molecule has 0 radical (unpaired) electrons. The Bertz CT molecular complexity index is 842. The van der Waals surface area contributed by atoms with Gasteiger partial charge in [-0.15, -0.1) is 0 Å². The Balaban J connectivity index is 1.44. The molecule has 0 bridgehead atoms. The van der Waals surface area contributed by atoms with Crippen molar-refractivity contribution >= 4 is 13.6 Å². The summed E-state index contributed by atoms with van der Waals surface area (Å²) in [6, 6.07) is 16.2. The number of nitrogens with zero attached hydrogens (tertiary/aromatic N) is 2. The fourth-order valence-corrected chi connectivity index (χ4v) is 7.31. The van der Waals surface area contributed by atoms with E-state index in [1.807, 2.05) is 48.5 Å². The lowest BCUT2D eigenvalue weighted by molar-refractivity contribution is -0.999. The van der Waals surface area contributed by atoms with Gasteiger partial charge in [0.2, 0.25) is 0 Å². The standard InChI is InChI=1S/C20H24B2N2O4/c1-2-10-18-17(9-1)25-21(26-18)23(13-5-6-14-23)22(24(21)15-7-8-16-24)27-19-11-3-4-12-20(19)28-22/h1-4,9-12H,5-8,13-16H2. The number of quaternary nitrogens is 2. The molecule has 3 fully saturated rings. The lowest BCUT2D eigenvalue weighted by Gasteiger charge is -2.80. The molecule has 0 saturated carbocycles. The summed E-state index contributed by atoms with van der Waals surface area (Å²) < 4.78 is 28.7. The topological polar surface area (TPSA) is 36.9 Å². The second-order valence-corrected chi connectivity index (χ2v) is 9.15. The molecule has 6 nitrogen and oxygen atoms in total. The van der Waals surface area contributed by atoms with Gasteiger partial charge in [0.25, 0.3) is 0 Å². The predicted molar refractivity (Wildman–Crippen MR) is 105 cm³/mol. The molecular formula is C20H24B2N2O4. The number of rotatable bonds is 0. The molecular weight excluding hydrogens is 354 g/mol. The lowest BCUT2D eigenvalue weighted by Crippen LogP contribution is -3.13. The van der Waals surface area contributed by atoms with Gasteiger partial charge < -0.3 is 27.2 Å². The maximum atomic E-state index is 6.83. The van der Waals surface area contributed by atoms with Crippen LogP contribution in [0.15, 0.2) is 48.5 Å². The molecule has 0 aromatic heterocycles. The minimum Gasteiger partial charge on any atom is -0.573 e. The number of benzene rings is 2. The van der Waals surface area contributed by atoms with E-state index in [1.165, 1.54) is 0 Å². The van der Waals surface area contributed by atoms with Gasteiger partial charge in [0, 0.05) is 26.2 Å². The normalized spacial score (nSPS) is 27.7. The van der Waals surface area contributed by atoms with Crippen molar-refractivity contribution in [2.75, 3.05) is 26.2 Å². The van der Waals surface area contributed by atoms with Crippen molar-refractivity contribution in [3.63, 3.8) is 0 Å². The summed E-state index contributed by atoms with van der Waals surface area (Å²) in [5, 5.41) is 0. The Morgan fingerprint density at radius 3 is 1.07 bits per heavy atom. The average molecular weight is 378 g/mol. The molecule has 0 unspecified atom stereocenters. The third-order valence-corrected chi connectivity index (χ3v) is 8.22. The summed E-state index contributed by atoms with van der Waals surface area (Å²) in [5.41, 5.74) is 0. The van der Waals surface area contributed by atoms with Gasteiger partial charge in [0.05, 0.1) is 0 Å². The largest absolute Gasteiger partial charge is 0.746 e. The smallest absolute Gasteiger partial charge is 0.573 e. The first kappa shape index (κ1) is 15.6. The monoisotopic (exact) mass is 378 g/mol. The van der Waals surface area contributed by atoms with Crippen molar-refractivity contribution in [1.29, 1.82) is 0 Å². The molecule has 0 atom stereocenters. The maximum Gasteiger partial charge on any atom is 0.746 e. The molecule has 8 heteroatoms. The van der Waals surface area contributed by atoms with Crippen LogP contribution in [0.3, 0.4) is 0 Å². The van der Waals surface area contributed by atoms with Crippen LogP contribution in [-0.2, 0) is 0 Å². The van der Waals surface area contributed by atoms with Crippen molar-refractivity contribution in [1.82, 2.24) is 0 Å². The van der Waals surface area contributed by atoms with Crippen LogP contribution in [0.1, 0.15) is 25.7 Å². The Morgan fingerprint density at radius 2 is 0.786 bits per heavy atom. The van der Waals surface area contributed by atoms with Crippen molar-refractivity contribution in [2.45, 2.75) is 25.7 Å². The first-order valence-corrected chi connectivity index (χ1v) is 10.7. The zero-order valence-corrected chi connectivity index (χ0v) is 16.0. The second-order valence-electron chi connectivity index (χ2n) is 9.15. The Labute approximate surface area is 164 Å². The average Bonchev–Trinajstić information content (AvgIpc) is 3.52. The van der Waals surface area contributed by atoms with Crippen LogP contribution >= 0.6 is 0 Å². The van der Waals surface area contributed by atoms with Gasteiger partial charge in [-0.05, 0) is 49.9 Å². The van der Waals surface area contributed by atoms with Crippen LogP contribution in [0.5, 0.6) is 23.0 Å². The van der Waals surface area contributed by atoms with E-state index in [0.29, 0.717) is 8.61 Å². The van der Waals surface area contributed by atoms with Crippen molar-refractivity contribution in [2.24, 2.45) is 0 Å². The molecule has 5 aliphatic rings. The fraction of sp³-hybridized carbons (Fsp3) is 0.400. The van der Waals surface area contributed by atoms with Gasteiger partial charge in [-0.25, -0.2) is 0 Å². The predicted octanol–water partition coefficient (Wildman–Crippen LogP) is 3.04. The zero-order valence-electron chi connectivity index (χ0n) is 16.0. The van der Waals surface area contributed by atoms with Gasteiger partial charge in [-0.3, -0.25) is 0 Å². The molecule has 2 aromatic rings. The molecule has 7 rings (SSSR count). The van der Waals surface area contributed by atoms with E-state index in [2.05, 4.69) is 0 Å². The highest BCUT2D eigenvalue weighted by molar-refractivity contribution is 6.82. The molecule has 0 amide bonds. The van der Waals surface area contributed by atoms with E-state index in [1.54, 1.807) is 0 Å². The quantitative estimate of drug-likeness (QED) is 0.661. The van der Waals surface area contributed by atoms with E-state index >= 15 is 0 Å². The summed E-state index contributed by atoms with van der Waals surface area (Å²) in [7, 11) is 0. The van der Waals surface area contributed by atoms with Gasteiger partial charge in [-0.1, -0.05) is 24.3 Å². The number of para-hydroxylation sites is 4. The van der Waals surface area contributed by atoms with Crippen molar-refractivity contribution in [3.8, 4) is 23.0 Å². The Hall–Kier alpha value is -2.31. The van der Waals surface area contributed by atoms with E-state index in [-0.39, 0.29) is 0 Å². The molecule has 144 valence electrons. The van der Waals surface area contributed by atoms with Crippen LogP contribution in [-0.4, -0.2) is 48.4 Å². The maximum absolute atomic E-state index is 6.83. The minimum atomic E-state index is -1.66. The lowest BCUT2D eigenvalue weighted by atomic mass is 9.42. The Kier molecular flexibility index (Phi) is 2.68. The van der Waals surface area contributed by atoms with Crippen LogP contribution in [0, 0.1) is 0 Å². The molecule has 3 saturated heterocycles. The van der Waals surface area contributed by atoms with E-state index in [4.69, 9.17) is 18.6 Å². The number of hydrogen-bond acceptors (Lipinski definition) is 4. The summed E-state index contributed by atoms with van der Waals surface area (Å²) in [4.78, 5) is 0. The first-order valence-electron chi connectivity index (χ1n) is 10.7. The SMILES string of the molecule is c1ccc2c(c1)O[B-]1(O2)[N+]2(CCCC2)[B-]2(Oc3ccccc3O2)[N+]12CCCC2. The van der Waals surface area contributed by atoms with Gasteiger partial charge in [0.15, 0.2) is 0 Å². The van der Waals surface area contributed by atoms with Crippen LogP contribution in [0.25, 0.3) is 0 Å². The molecule has 0 N–H and O–H groups in total. The van der Waals surface area contributed by atoms with Gasteiger partial charge in [-0.2, -0.15) is 0 Å². The second kappa shape index (κ2) is 4.81. The van der Waals surface area contributed by atoms with Crippen LogP contribution in [0.2, 0.25) is 0 Å². The summed E-state index contributed by atoms with van der Waals surface area (Å²) >= 11 is 0. The number of hydrogen-bond donors (Lipinski definition) is 0. The van der Waals surface area contributed by atoms with Crippen molar-refractivity contribution in [3.05, 3.63) is 48.5 Å². The highest BCUT2D eigenvalue weighted by Gasteiger charge is 2.98. The summed E-state index contributed by atoms with van der Waals surface area (Å²) in [6.07, 6.45) is 4.61. The highest BCUT2D eigenvalue weighted by Crippen LogP contribution is 2.63. The zero-order chi connectivity index (χ0) is 18.5. The molecule has 5 aliphatic heterocycles. The first-order chi connectivity index (χ1) is 13.8. The molecule has 4 spiro atoms. The molecule has 2 aromatic carbocycles. The molecule has 0 aliphatic carbocycles. The van der Waals surface area contributed by atoms with E-state index in [0.717, 1.165) is 74.9 Å². The summed E-state index contributed by atoms with van der Waals surface area (Å²) in [6.45, 7) is 0.627. The van der Waals surface area contributed by atoms with Gasteiger partial charge >= 0.3 is 13.6 Å². The third-order valence-electron chi connectivity index (χ3n) is 8.22. The van der Waals surface area contributed by atoms with Crippen LogP contribution in [0.4, 0.5) is 0 Å². The van der Waals surface area contributed by atoms with Crippen molar-refractivity contribution < 1.29 is 27.2 Å².